The number of aromatic nitrogens is 1. The summed E-state index contributed by atoms with van der Waals surface area (Å²) in [4.78, 5) is 15.0. The molecule has 0 atom stereocenters. The Hall–Kier alpha value is -1.72. The molecule has 16 heavy (non-hydrogen) atoms. The lowest BCUT2D eigenvalue weighted by molar-refractivity contribution is -0.0530. The minimum absolute atomic E-state index is 0.144. The molecule has 0 radical (unpaired) electrons. The van der Waals surface area contributed by atoms with Gasteiger partial charge in [-0.1, -0.05) is 0 Å². The topological polar surface area (TPSA) is 48.4 Å². The van der Waals surface area contributed by atoms with Gasteiger partial charge in [0.15, 0.2) is 0 Å². The van der Waals surface area contributed by atoms with E-state index in [0.717, 1.165) is 6.07 Å². The molecule has 0 amide bonds. The number of esters is 1. The maximum Gasteiger partial charge on any atom is 0.388 e. The number of halogens is 2. The number of ether oxygens (including phenoxy) is 2. The van der Waals surface area contributed by atoms with Crippen molar-refractivity contribution in [1.82, 2.24) is 4.98 Å². The van der Waals surface area contributed by atoms with Gasteiger partial charge >= 0.3 is 12.6 Å². The second-order valence-corrected chi connectivity index (χ2v) is 2.93. The Morgan fingerprint density at radius 3 is 2.75 bits per heavy atom. The Labute approximate surface area is 91.2 Å². The number of carbonyl (C=O) groups is 1. The molecule has 0 bridgehead atoms. The van der Waals surface area contributed by atoms with Crippen LogP contribution in [0.1, 0.15) is 23.0 Å². The fourth-order valence-corrected chi connectivity index (χ4v) is 1.12. The molecule has 0 N–H and O–H groups in total. The lowest BCUT2D eigenvalue weighted by Gasteiger charge is -2.07. The van der Waals surface area contributed by atoms with E-state index >= 15 is 0 Å². The quantitative estimate of drug-likeness (QED) is 0.745. The number of carbonyl (C=O) groups excluding carboxylic acids is 1. The number of alkyl halides is 2. The largest absolute Gasteiger partial charge is 0.462 e. The average molecular weight is 231 g/mol. The Balaban J connectivity index is 2.93. The summed E-state index contributed by atoms with van der Waals surface area (Å²) in [7, 11) is 0. The number of rotatable bonds is 4. The van der Waals surface area contributed by atoms with Gasteiger partial charge in [-0.3, -0.25) is 0 Å². The lowest BCUT2D eigenvalue weighted by Crippen LogP contribution is -2.09. The standard InChI is InChI=1S/C10H11F2NO3/c1-3-15-9(14)7-4-6(2)13-8(5-7)16-10(11)12/h4-5,10H,3H2,1-2H3. The fourth-order valence-electron chi connectivity index (χ4n) is 1.12. The zero-order valence-corrected chi connectivity index (χ0v) is 8.87. The number of aryl methyl sites for hydroxylation is 1. The molecule has 0 fully saturated rings. The molecular formula is C10H11F2NO3. The molecule has 1 rings (SSSR count). The van der Waals surface area contributed by atoms with Gasteiger partial charge < -0.3 is 9.47 Å². The van der Waals surface area contributed by atoms with Crippen LogP contribution in [0.25, 0.3) is 0 Å². The average Bonchev–Trinajstić information content (AvgIpc) is 2.15. The highest BCUT2D eigenvalue weighted by Crippen LogP contribution is 2.15. The highest BCUT2D eigenvalue weighted by molar-refractivity contribution is 5.89. The van der Waals surface area contributed by atoms with Crippen molar-refractivity contribution >= 4 is 5.97 Å². The molecule has 0 spiro atoms. The van der Waals surface area contributed by atoms with Gasteiger partial charge in [-0.25, -0.2) is 9.78 Å². The smallest absolute Gasteiger partial charge is 0.388 e. The van der Waals surface area contributed by atoms with Crippen molar-refractivity contribution < 1.29 is 23.0 Å². The van der Waals surface area contributed by atoms with Gasteiger partial charge in [0.2, 0.25) is 5.88 Å². The van der Waals surface area contributed by atoms with Gasteiger partial charge in [0.25, 0.3) is 0 Å². The van der Waals surface area contributed by atoms with Gasteiger partial charge in [-0.05, 0) is 19.9 Å². The third-order valence-corrected chi connectivity index (χ3v) is 1.65. The SMILES string of the molecule is CCOC(=O)c1cc(C)nc(OC(F)F)c1. The molecule has 0 saturated carbocycles. The van der Waals surface area contributed by atoms with E-state index in [4.69, 9.17) is 4.74 Å². The molecule has 4 nitrogen and oxygen atoms in total. The summed E-state index contributed by atoms with van der Waals surface area (Å²) >= 11 is 0. The molecule has 0 aliphatic rings. The highest BCUT2D eigenvalue weighted by Gasteiger charge is 2.12. The first-order valence-electron chi connectivity index (χ1n) is 4.63. The molecule has 1 aromatic heterocycles. The van der Waals surface area contributed by atoms with Gasteiger partial charge in [0.05, 0.1) is 12.2 Å². The summed E-state index contributed by atoms with van der Waals surface area (Å²) in [6, 6.07) is 2.56. The van der Waals surface area contributed by atoms with E-state index in [1.54, 1.807) is 13.8 Å². The van der Waals surface area contributed by atoms with Crippen molar-refractivity contribution in [3.05, 3.63) is 23.4 Å². The zero-order valence-electron chi connectivity index (χ0n) is 8.87. The van der Waals surface area contributed by atoms with Crippen LogP contribution in [-0.2, 0) is 4.74 Å². The first-order chi connectivity index (χ1) is 7.52. The van der Waals surface area contributed by atoms with E-state index < -0.39 is 12.6 Å². The minimum Gasteiger partial charge on any atom is -0.462 e. The van der Waals surface area contributed by atoms with Crippen LogP contribution in [0.5, 0.6) is 5.88 Å². The molecule has 1 aromatic rings. The van der Waals surface area contributed by atoms with E-state index in [2.05, 4.69) is 9.72 Å². The lowest BCUT2D eigenvalue weighted by atomic mass is 10.2. The van der Waals surface area contributed by atoms with Crippen LogP contribution in [0, 0.1) is 6.92 Å². The molecule has 88 valence electrons. The van der Waals surface area contributed by atoms with Crippen LogP contribution in [0.15, 0.2) is 12.1 Å². The van der Waals surface area contributed by atoms with Crippen molar-refractivity contribution in [3.8, 4) is 5.88 Å². The van der Waals surface area contributed by atoms with Gasteiger partial charge in [-0.15, -0.1) is 0 Å². The molecule has 0 unspecified atom stereocenters. The van der Waals surface area contributed by atoms with Crippen LogP contribution < -0.4 is 4.74 Å². The van der Waals surface area contributed by atoms with Crippen LogP contribution >= 0.6 is 0 Å². The van der Waals surface area contributed by atoms with Crippen LogP contribution in [0.3, 0.4) is 0 Å². The first kappa shape index (κ1) is 12.4. The molecular weight excluding hydrogens is 220 g/mol. The van der Waals surface area contributed by atoms with E-state index in [1.807, 2.05) is 0 Å². The van der Waals surface area contributed by atoms with E-state index in [1.165, 1.54) is 6.07 Å². The normalized spacial score (nSPS) is 10.3. The number of nitrogens with zero attached hydrogens (tertiary/aromatic N) is 1. The van der Waals surface area contributed by atoms with Crippen molar-refractivity contribution in [2.24, 2.45) is 0 Å². The summed E-state index contributed by atoms with van der Waals surface area (Å²) in [5, 5.41) is 0. The molecule has 0 saturated heterocycles. The summed E-state index contributed by atoms with van der Waals surface area (Å²) in [6.07, 6.45) is 0. The predicted molar refractivity (Wildman–Crippen MR) is 51.6 cm³/mol. The van der Waals surface area contributed by atoms with Crippen molar-refractivity contribution in [3.63, 3.8) is 0 Å². The summed E-state index contributed by atoms with van der Waals surface area (Å²) < 4.78 is 32.8. The van der Waals surface area contributed by atoms with Gasteiger partial charge in [0, 0.05) is 11.8 Å². The number of pyridine rings is 1. The third-order valence-electron chi connectivity index (χ3n) is 1.65. The molecule has 6 heteroatoms. The second kappa shape index (κ2) is 5.39. The number of hydrogen-bond donors (Lipinski definition) is 0. The maximum atomic E-state index is 12.0. The molecule has 0 aliphatic heterocycles. The van der Waals surface area contributed by atoms with E-state index in [0.29, 0.717) is 5.69 Å². The highest BCUT2D eigenvalue weighted by atomic mass is 19.3. The third kappa shape index (κ3) is 3.45. The summed E-state index contributed by atoms with van der Waals surface area (Å²) in [6.45, 7) is 0.471. The van der Waals surface area contributed by atoms with Crippen LogP contribution in [0.2, 0.25) is 0 Å². The van der Waals surface area contributed by atoms with E-state index in [-0.39, 0.29) is 18.1 Å². The Morgan fingerprint density at radius 1 is 1.50 bits per heavy atom. The van der Waals surface area contributed by atoms with Gasteiger partial charge in [0.1, 0.15) is 0 Å². The molecule has 1 heterocycles. The zero-order chi connectivity index (χ0) is 12.1. The maximum absolute atomic E-state index is 12.0. The second-order valence-electron chi connectivity index (χ2n) is 2.93. The number of hydrogen-bond acceptors (Lipinski definition) is 4. The molecule has 0 aromatic carbocycles. The van der Waals surface area contributed by atoms with Crippen molar-refractivity contribution in [1.29, 1.82) is 0 Å². The van der Waals surface area contributed by atoms with Crippen molar-refractivity contribution in [2.45, 2.75) is 20.5 Å². The minimum atomic E-state index is -2.97. The summed E-state index contributed by atoms with van der Waals surface area (Å²) in [5.74, 6) is -0.884. The Kier molecular flexibility index (Phi) is 4.16. The van der Waals surface area contributed by atoms with Gasteiger partial charge in [-0.2, -0.15) is 8.78 Å². The fraction of sp³-hybridized carbons (Fsp3) is 0.400. The summed E-state index contributed by atoms with van der Waals surface area (Å²) in [5.41, 5.74) is 0.547. The first-order valence-corrected chi connectivity index (χ1v) is 4.63. The molecule has 0 aliphatic carbocycles. The predicted octanol–water partition coefficient (Wildman–Crippen LogP) is 2.17. The van der Waals surface area contributed by atoms with E-state index in [9.17, 15) is 13.6 Å². The Bertz CT molecular complexity index is 382. The van der Waals surface area contributed by atoms with Crippen molar-refractivity contribution in [2.75, 3.05) is 6.61 Å². The van der Waals surface area contributed by atoms with Crippen LogP contribution in [0.4, 0.5) is 8.78 Å². The van der Waals surface area contributed by atoms with Crippen LogP contribution in [-0.4, -0.2) is 24.2 Å². The Morgan fingerprint density at radius 2 is 2.19 bits per heavy atom. The monoisotopic (exact) mass is 231 g/mol.